The molecule has 0 amide bonds. The molecular formula is C17H35N2O2Si. The van der Waals surface area contributed by atoms with Crippen LogP contribution in [0, 0.1) is 0 Å². The van der Waals surface area contributed by atoms with Crippen LogP contribution in [0.4, 0.5) is 0 Å². The van der Waals surface area contributed by atoms with Crippen LogP contribution < -0.4 is 5.32 Å². The van der Waals surface area contributed by atoms with Crippen molar-refractivity contribution in [1.29, 1.82) is 0 Å². The van der Waals surface area contributed by atoms with Crippen molar-refractivity contribution in [2.75, 3.05) is 26.8 Å². The van der Waals surface area contributed by atoms with E-state index >= 15 is 0 Å². The van der Waals surface area contributed by atoms with E-state index < -0.39 is 14.3 Å². The number of hydrogen-bond donors (Lipinski definition) is 1. The van der Waals surface area contributed by atoms with Gasteiger partial charge in [0.15, 0.2) is 8.80 Å². The fourth-order valence-corrected chi connectivity index (χ4v) is 8.64. The van der Waals surface area contributed by atoms with Crippen LogP contribution in [0.25, 0.3) is 0 Å². The van der Waals surface area contributed by atoms with Crippen molar-refractivity contribution < 1.29 is 9.47 Å². The van der Waals surface area contributed by atoms with Crippen LogP contribution in [0.5, 0.6) is 0 Å². The fraction of sp³-hybridized carbons (Fsp3) is 1.00. The van der Waals surface area contributed by atoms with Crippen molar-refractivity contribution in [3.8, 4) is 0 Å². The predicted octanol–water partition coefficient (Wildman–Crippen LogP) is 3.00. The first-order valence-electron chi connectivity index (χ1n) is 8.81. The van der Waals surface area contributed by atoms with Gasteiger partial charge in [0.05, 0.1) is 0 Å². The van der Waals surface area contributed by atoms with E-state index in [0.29, 0.717) is 13.2 Å². The van der Waals surface area contributed by atoms with Crippen molar-refractivity contribution in [1.82, 2.24) is 10.2 Å². The Kier molecular flexibility index (Phi) is 5.45. The summed E-state index contributed by atoms with van der Waals surface area (Å²) in [4.78, 5) is 2.56. The lowest BCUT2D eigenvalue weighted by Crippen LogP contribution is -2.63. The molecule has 129 valence electrons. The van der Waals surface area contributed by atoms with Crippen LogP contribution in [0.2, 0.25) is 11.6 Å². The highest BCUT2D eigenvalue weighted by Gasteiger charge is 2.55. The maximum Gasteiger partial charge on any atom is 0.203 e. The first-order chi connectivity index (χ1) is 10.2. The lowest BCUT2D eigenvalue weighted by Gasteiger charge is -2.55. The van der Waals surface area contributed by atoms with Gasteiger partial charge in [-0.2, -0.15) is 0 Å². The van der Waals surface area contributed by atoms with Crippen LogP contribution in [0.1, 0.15) is 54.4 Å². The van der Waals surface area contributed by atoms with Crippen molar-refractivity contribution in [3.63, 3.8) is 0 Å². The van der Waals surface area contributed by atoms with Crippen molar-refractivity contribution in [3.05, 3.63) is 0 Å². The summed E-state index contributed by atoms with van der Waals surface area (Å²) in [5.74, 6) is 0. The highest BCUT2D eigenvalue weighted by atomic mass is 28.3. The van der Waals surface area contributed by atoms with Gasteiger partial charge < -0.3 is 9.47 Å². The highest BCUT2D eigenvalue weighted by Crippen LogP contribution is 2.47. The molecule has 4 nitrogen and oxygen atoms in total. The fourth-order valence-electron chi connectivity index (χ4n) is 4.47. The van der Waals surface area contributed by atoms with E-state index in [0.717, 1.165) is 12.1 Å². The van der Waals surface area contributed by atoms with Crippen LogP contribution in [-0.4, -0.2) is 57.1 Å². The minimum Gasteiger partial charge on any atom is -0.342 e. The number of likely N-dealkylation sites (tertiary alicyclic amines) is 1. The van der Waals surface area contributed by atoms with Crippen LogP contribution in [0.15, 0.2) is 0 Å². The monoisotopic (exact) mass is 327 g/mol. The molecule has 2 rings (SSSR count). The summed E-state index contributed by atoms with van der Waals surface area (Å²) in [5.41, 5.74) is 0.716. The van der Waals surface area contributed by atoms with Crippen LogP contribution in [0.3, 0.4) is 0 Å². The molecule has 0 spiro atoms. The molecule has 0 aromatic heterocycles. The molecule has 2 aliphatic heterocycles. The van der Waals surface area contributed by atoms with Gasteiger partial charge in [0.1, 0.15) is 0 Å². The molecule has 0 saturated carbocycles. The lowest BCUT2D eigenvalue weighted by molar-refractivity contribution is -0.193. The SMILES string of the molecule is CCOC1(OCC)NCC[Si]1C1CC(C)(C)N(C)C(C)(C)C1. The number of rotatable bonds is 5. The third kappa shape index (κ3) is 3.29. The Labute approximate surface area is 138 Å². The number of ether oxygens (including phenoxy) is 2. The van der Waals surface area contributed by atoms with E-state index in [9.17, 15) is 0 Å². The Hall–Kier alpha value is 0.0569. The van der Waals surface area contributed by atoms with E-state index in [-0.39, 0.29) is 11.1 Å². The largest absolute Gasteiger partial charge is 0.342 e. The van der Waals surface area contributed by atoms with Gasteiger partial charge in [-0.3, -0.25) is 10.2 Å². The minimum absolute atomic E-state index is 0.233. The maximum absolute atomic E-state index is 6.16. The Bertz CT molecular complexity index is 363. The smallest absolute Gasteiger partial charge is 0.203 e. The lowest BCUT2D eigenvalue weighted by atomic mass is 9.80. The second-order valence-electron chi connectivity index (χ2n) is 7.97. The van der Waals surface area contributed by atoms with Gasteiger partial charge in [-0.1, -0.05) is 0 Å². The molecule has 0 aromatic rings. The molecule has 0 bridgehead atoms. The summed E-state index contributed by atoms with van der Waals surface area (Å²) < 4.78 is 12.3. The van der Waals surface area contributed by atoms with Crippen molar-refractivity contribution >= 4 is 8.80 Å². The van der Waals surface area contributed by atoms with Gasteiger partial charge in [0.25, 0.3) is 0 Å². The molecule has 0 atom stereocenters. The zero-order valence-corrected chi connectivity index (χ0v) is 16.6. The second kappa shape index (κ2) is 6.52. The zero-order valence-electron chi connectivity index (χ0n) is 15.6. The third-order valence-corrected chi connectivity index (χ3v) is 9.16. The van der Waals surface area contributed by atoms with Gasteiger partial charge in [-0.25, -0.2) is 0 Å². The maximum atomic E-state index is 6.16. The summed E-state index contributed by atoms with van der Waals surface area (Å²) in [6.07, 6.45) is 2.48. The van der Waals surface area contributed by atoms with Gasteiger partial charge >= 0.3 is 0 Å². The summed E-state index contributed by atoms with van der Waals surface area (Å²) in [7, 11) is 1.50. The summed E-state index contributed by atoms with van der Waals surface area (Å²) in [6, 6.07) is 1.24. The Morgan fingerprint density at radius 3 is 2.00 bits per heavy atom. The molecule has 0 aliphatic carbocycles. The Balaban J connectivity index is 2.25. The normalized spacial score (nSPS) is 29.0. The van der Waals surface area contributed by atoms with Gasteiger partial charge in [-0.15, -0.1) is 0 Å². The zero-order chi connectivity index (χ0) is 16.6. The van der Waals surface area contributed by atoms with E-state index in [2.05, 4.69) is 58.8 Å². The van der Waals surface area contributed by atoms with E-state index in [4.69, 9.17) is 9.47 Å². The summed E-state index contributed by atoms with van der Waals surface area (Å²) in [6.45, 7) is 16.1. The number of hydrogen-bond acceptors (Lipinski definition) is 4. The number of piperidine rings is 1. The molecule has 5 heteroatoms. The number of nitrogens with one attached hydrogen (secondary N) is 1. The van der Waals surface area contributed by atoms with Gasteiger partial charge in [0, 0.05) is 24.3 Å². The molecule has 0 aromatic carbocycles. The first-order valence-corrected chi connectivity index (χ1v) is 10.6. The molecule has 1 N–H and O–H groups in total. The third-order valence-electron chi connectivity index (χ3n) is 5.67. The molecule has 2 aliphatic rings. The van der Waals surface area contributed by atoms with E-state index in [1.54, 1.807) is 0 Å². The molecular weight excluding hydrogens is 292 g/mol. The van der Waals surface area contributed by atoms with Gasteiger partial charge in [0.2, 0.25) is 5.53 Å². The molecule has 1 radical (unpaired) electrons. The van der Waals surface area contributed by atoms with Crippen LogP contribution in [-0.2, 0) is 9.47 Å². The molecule has 2 heterocycles. The predicted molar refractivity (Wildman–Crippen MR) is 93.5 cm³/mol. The standard InChI is InChI=1S/C17H35N2O2Si/c1-8-20-17(21-9-2)18-10-11-22(17)14-12-15(3,4)19(7)16(5,6)13-14/h14,18H,8-13H2,1-7H3. The van der Waals surface area contributed by atoms with Crippen molar-refractivity contribution in [2.24, 2.45) is 0 Å². The van der Waals surface area contributed by atoms with Crippen molar-refractivity contribution in [2.45, 2.75) is 82.6 Å². The average Bonchev–Trinajstić information content (AvgIpc) is 2.80. The Morgan fingerprint density at radius 1 is 1.05 bits per heavy atom. The minimum atomic E-state index is -0.782. The van der Waals surface area contributed by atoms with Crippen LogP contribution >= 0.6 is 0 Å². The molecule has 0 unspecified atom stereocenters. The summed E-state index contributed by atoms with van der Waals surface area (Å²) in [5, 5.41) is 3.57. The summed E-state index contributed by atoms with van der Waals surface area (Å²) >= 11 is 0. The highest BCUT2D eigenvalue weighted by molar-refractivity contribution is 6.64. The molecule has 22 heavy (non-hydrogen) atoms. The van der Waals surface area contributed by atoms with E-state index in [1.165, 1.54) is 18.9 Å². The average molecular weight is 328 g/mol. The molecule has 2 saturated heterocycles. The Morgan fingerprint density at radius 2 is 1.55 bits per heavy atom. The first kappa shape index (κ1) is 18.4. The topological polar surface area (TPSA) is 33.7 Å². The van der Waals surface area contributed by atoms with E-state index in [1.807, 2.05) is 0 Å². The number of nitrogens with zero attached hydrogens (tertiary/aromatic N) is 1. The quantitative estimate of drug-likeness (QED) is 0.622. The second-order valence-corrected chi connectivity index (χ2v) is 11.0. The van der Waals surface area contributed by atoms with Gasteiger partial charge in [-0.05, 0) is 79.6 Å². The molecule has 2 fully saturated rings.